The molecule has 21 heavy (non-hydrogen) atoms. The third kappa shape index (κ3) is 6.33. The van der Waals surface area contributed by atoms with E-state index >= 15 is 0 Å². The second-order valence-corrected chi connectivity index (χ2v) is 8.85. The summed E-state index contributed by atoms with van der Waals surface area (Å²) in [7, 11) is -3.17. The van der Waals surface area contributed by atoms with Crippen molar-refractivity contribution in [3.8, 4) is 0 Å². The molecule has 0 spiro atoms. The average Bonchev–Trinajstić information content (AvgIpc) is 2.64. The van der Waals surface area contributed by atoms with Gasteiger partial charge in [-0.25, -0.2) is 13.2 Å². The van der Waals surface area contributed by atoms with Gasteiger partial charge in [-0.2, -0.15) is 0 Å². The number of nitrogens with zero attached hydrogens (tertiary/aromatic N) is 1. The van der Waals surface area contributed by atoms with Gasteiger partial charge < -0.3 is 15.3 Å². The molecule has 0 aromatic carbocycles. The first-order valence-electron chi connectivity index (χ1n) is 6.97. The average molecular weight is 320 g/mol. The van der Waals surface area contributed by atoms with Crippen LogP contribution >= 0.6 is 0 Å². The van der Waals surface area contributed by atoms with Crippen molar-refractivity contribution in [2.24, 2.45) is 5.41 Å². The smallest absolute Gasteiger partial charge is 0.323 e. The zero-order valence-electron chi connectivity index (χ0n) is 12.8. The number of hydrogen-bond acceptors (Lipinski definition) is 4. The molecule has 0 saturated carbocycles. The molecule has 1 aliphatic heterocycles. The molecule has 0 aromatic rings. The van der Waals surface area contributed by atoms with Crippen LogP contribution in [0.1, 0.15) is 33.6 Å². The minimum atomic E-state index is -3.17. The maximum absolute atomic E-state index is 12.1. The maximum atomic E-state index is 12.1. The molecule has 1 unspecified atom stereocenters. The molecule has 0 aromatic heterocycles. The molecular formula is C13H24N2O5S. The summed E-state index contributed by atoms with van der Waals surface area (Å²) in [5.41, 5.74) is 0.0571. The van der Waals surface area contributed by atoms with E-state index in [0.29, 0.717) is 13.0 Å². The van der Waals surface area contributed by atoms with Crippen molar-refractivity contribution in [3.05, 3.63) is 0 Å². The Morgan fingerprint density at radius 2 is 1.95 bits per heavy atom. The van der Waals surface area contributed by atoms with Gasteiger partial charge in [0.25, 0.3) is 0 Å². The topological polar surface area (TPSA) is 104 Å². The number of amides is 2. The van der Waals surface area contributed by atoms with E-state index in [9.17, 15) is 18.0 Å². The molecule has 1 atom stereocenters. The maximum Gasteiger partial charge on any atom is 0.323 e. The molecule has 0 bridgehead atoms. The Hall–Kier alpha value is -1.31. The summed E-state index contributed by atoms with van der Waals surface area (Å²) in [6.07, 6.45) is 1.05. The van der Waals surface area contributed by atoms with Gasteiger partial charge in [0.05, 0.1) is 11.5 Å². The van der Waals surface area contributed by atoms with Crippen LogP contribution in [0.5, 0.6) is 0 Å². The quantitative estimate of drug-likeness (QED) is 0.776. The Morgan fingerprint density at radius 1 is 1.33 bits per heavy atom. The zero-order valence-corrected chi connectivity index (χ0v) is 13.6. The van der Waals surface area contributed by atoms with Crippen LogP contribution in [0.25, 0.3) is 0 Å². The standard InChI is InChI=1S/C13H24N2O5S/c1-13(2,3)5-6-14-12(18)15(8-11(16)17)10-4-7-21(19,20)9-10/h10H,4-9H2,1-3H3,(H,14,18)(H,16,17). The number of carbonyl (C=O) groups excluding carboxylic acids is 1. The number of hydrogen-bond donors (Lipinski definition) is 2. The number of rotatable bonds is 5. The molecule has 7 nitrogen and oxygen atoms in total. The minimum absolute atomic E-state index is 0.00303. The van der Waals surface area contributed by atoms with Gasteiger partial charge in [-0.3, -0.25) is 4.79 Å². The summed E-state index contributed by atoms with van der Waals surface area (Å²) in [5, 5.41) is 11.6. The summed E-state index contributed by atoms with van der Waals surface area (Å²) >= 11 is 0. The molecule has 2 amide bonds. The van der Waals surface area contributed by atoms with Crippen molar-refractivity contribution in [1.82, 2.24) is 10.2 Å². The van der Waals surface area contributed by atoms with Gasteiger partial charge in [0.15, 0.2) is 9.84 Å². The third-order valence-electron chi connectivity index (χ3n) is 3.37. The normalized spacial score (nSPS) is 21.0. The van der Waals surface area contributed by atoms with Crippen LogP contribution in [0.2, 0.25) is 0 Å². The predicted molar refractivity (Wildman–Crippen MR) is 78.9 cm³/mol. The van der Waals surface area contributed by atoms with Gasteiger partial charge >= 0.3 is 12.0 Å². The van der Waals surface area contributed by atoms with Crippen molar-refractivity contribution < 1.29 is 23.1 Å². The van der Waals surface area contributed by atoms with E-state index in [2.05, 4.69) is 5.32 Å². The van der Waals surface area contributed by atoms with Gasteiger partial charge in [0.2, 0.25) is 0 Å². The Morgan fingerprint density at radius 3 is 2.38 bits per heavy atom. The number of aliphatic carboxylic acids is 1. The van der Waals surface area contributed by atoms with Gasteiger partial charge in [-0.1, -0.05) is 20.8 Å². The summed E-state index contributed by atoms with van der Waals surface area (Å²) in [4.78, 5) is 24.1. The van der Waals surface area contributed by atoms with Crippen molar-refractivity contribution in [1.29, 1.82) is 0 Å². The third-order valence-corrected chi connectivity index (χ3v) is 5.12. The molecule has 2 N–H and O–H groups in total. The van der Waals surface area contributed by atoms with E-state index in [4.69, 9.17) is 5.11 Å². The lowest BCUT2D eigenvalue weighted by Crippen LogP contribution is -2.49. The van der Waals surface area contributed by atoms with E-state index in [-0.39, 0.29) is 16.9 Å². The van der Waals surface area contributed by atoms with Gasteiger partial charge in [0, 0.05) is 12.6 Å². The highest BCUT2D eigenvalue weighted by Crippen LogP contribution is 2.19. The highest BCUT2D eigenvalue weighted by atomic mass is 32.2. The van der Waals surface area contributed by atoms with Crippen molar-refractivity contribution in [2.45, 2.75) is 39.7 Å². The Kier molecular flexibility index (Phi) is 5.61. The predicted octanol–water partition coefficient (Wildman–Crippen LogP) is 0.706. The molecule has 1 rings (SSSR count). The number of carboxylic acid groups (broad SMARTS) is 1. The number of sulfone groups is 1. The van der Waals surface area contributed by atoms with Crippen molar-refractivity contribution >= 4 is 21.8 Å². The van der Waals surface area contributed by atoms with Crippen LogP contribution in [0, 0.1) is 5.41 Å². The van der Waals surface area contributed by atoms with E-state index < -0.39 is 34.4 Å². The molecule has 122 valence electrons. The summed E-state index contributed by atoms with van der Waals surface area (Å²) in [5.74, 6) is -1.30. The van der Waals surface area contributed by atoms with Crippen molar-refractivity contribution in [2.75, 3.05) is 24.6 Å². The molecule has 1 aliphatic rings. The molecule has 0 radical (unpaired) electrons. The zero-order chi connectivity index (χ0) is 16.3. The fourth-order valence-electron chi connectivity index (χ4n) is 2.18. The van der Waals surface area contributed by atoms with Crippen molar-refractivity contribution in [3.63, 3.8) is 0 Å². The lowest BCUT2D eigenvalue weighted by molar-refractivity contribution is -0.138. The van der Waals surface area contributed by atoms with Crippen LogP contribution in [-0.4, -0.2) is 61.1 Å². The highest BCUT2D eigenvalue weighted by molar-refractivity contribution is 7.91. The number of carbonyl (C=O) groups is 2. The minimum Gasteiger partial charge on any atom is -0.480 e. The molecule has 1 saturated heterocycles. The second-order valence-electron chi connectivity index (χ2n) is 6.62. The van der Waals surface area contributed by atoms with Crippen LogP contribution in [0.15, 0.2) is 0 Å². The lowest BCUT2D eigenvalue weighted by Gasteiger charge is -2.27. The molecular weight excluding hydrogens is 296 g/mol. The molecule has 1 fully saturated rings. The number of carboxylic acids is 1. The first-order chi connectivity index (χ1) is 9.50. The Bertz CT molecular complexity index is 495. The fraction of sp³-hybridized carbons (Fsp3) is 0.846. The first-order valence-corrected chi connectivity index (χ1v) is 8.79. The molecule has 8 heteroatoms. The Labute approximate surface area is 125 Å². The number of nitrogens with one attached hydrogen (secondary N) is 1. The fourth-order valence-corrected chi connectivity index (χ4v) is 3.91. The highest BCUT2D eigenvalue weighted by Gasteiger charge is 2.35. The van der Waals surface area contributed by atoms with E-state index in [1.165, 1.54) is 0 Å². The SMILES string of the molecule is CC(C)(C)CCNC(=O)N(CC(=O)O)C1CCS(=O)(=O)C1. The van der Waals surface area contributed by atoms with Crippen LogP contribution in [-0.2, 0) is 14.6 Å². The van der Waals surface area contributed by atoms with E-state index in [1.807, 2.05) is 20.8 Å². The van der Waals surface area contributed by atoms with Crippen LogP contribution < -0.4 is 5.32 Å². The van der Waals surface area contributed by atoms with Crippen LogP contribution in [0.4, 0.5) is 4.79 Å². The number of urea groups is 1. The van der Waals surface area contributed by atoms with Gasteiger partial charge in [-0.15, -0.1) is 0 Å². The molecule has 0 aliphatic carbocycles. The molecule has 1 heterocycles. The summed E-state index contributed by atoms with van der Waals surface area (Å²) in [6, 6.07) is -1.07. The summed E-state index contributed by atoms with van der Waals surface area (Å²) < 4.78 is 23.0. The monoisotopic (exact) mass is 320 g/mol. The van der Waals surface area contributed by atoms with Gasteiger partial charge in [-0.05, 0) is 18.3 Å². The largest absolute Gasteiger partial charge is 0.480 e. The van der Waals surface area contributed by atoms with E-state index in [1.54, 1.807) is 0 Å². The second kappa shape index (κ2) is 6.64. The lowest BCUT2D eigenvalue weighted by atomic mass is 9.92. The van der Waals surface area contributed by atoms with E-state index in [0.717, 1.165) is 11.3 Å². The van der Waals surface area contributed by atoms with Gasteiger partial charge in [0.1, 0.15) is 6.54 Å². The van der Waals surface area contributed by atoms with Crippen LogP contribution in [0.3, 0.4) is 0 Å². The first kappa shape index (κ1) is 17.7. The Balaban J connectivity index is 2.65. The summed E-state index contributed by atoms with van der Waals surface area (Å²) in [6.45, 7) is 6.06.